The Labute approximate surface area is 402 Å². The van der Waals surface area contributed by atoms with Crippen molar-refractivity contribution in [2.24, 2.45) is 0 Å². The van der Waals surface area contributed by atoms with E-state index in [4.69, 9.17) is 34.8 Å². The topological polar surface area (TPSA) is 51.2 Å². The number of rotatable bonds is 18. The third kappa shape index (κ3) is 28.2. The van der Waals surface area contributed by atoms with Crippen LogP contribution < -0.4 is 0 Å². The van der Waals surface area contributed by atoms with Crippen molar-refractivity contribution < 1.29 is 56.5 Å². The fraction of sp³-hybridized carbons (Fsp3) is 0.0192. The summed E-state index contributed by atoms with van der Waals surface area (Å²) < 4.78 is -0.750. The minimum absolute atomic E-state index is 0. The van der Waals surface area contributed by atoms with Crippen LogP contribution in [0.5, 0.6) is 0 Å². The van der Waals surface area contributed by atoms with Crippen LogP contribution in [-0.2, 0) is 56.5 Å². The Hall–Kier alpha value is -3.42. The molecule has 12 radical (unpaired) electrons. The van der Waals surface area contributed by atoms with E-state index in [-0.39, 0.29) is 59.5 Å². The van der Waals surface area contributed by atoms with Crippen LogP contribution in [0.1, 0.15) is 33.4 Å². The van der Waals surface area contributed by atoms with E-state index < -0.39 is 4.30 Å². The van der Waals surface area contributed by atoms with Crippen molar-refractivity contribution in [1.29, 1.82) is 0 Å². The van der Waals surface area contributed by atoms with E-state index in [2.05, 4.69) is 0 Å². The number of carbonyl (C=O) groups excluding carboxylic acids is 3. The van der Waals surface area contributed by atoms with Crippen LogP contribution in [0, 0.1) is 77.0 Å². The van der Waals surface area contributed by atoms with E-state index >= 15 is 0 Å². The molecule has 6 aromatic rings. The SMILES string of the molecule is ClC(Cl)Cl.O=C([CH][CH]c1ccccc1)[CH][CH]c1ccccc1.O=C([CH][CH]c1ccccc1)[CH][CH]c1ccccc1.O=C([CH][CH]c1ccccc1)[CH][CH]c1ccccc1.[Pt].[Pt]. The summed E-state index contributed by atoms with van der Waals surface area (Å²) in [5, 5.41) is 0. The molecule has 310 valence electrons. The zero-order chi connectivity index (χ0) is 41.5. The van der Waals surface area contributed by atoms with Gasteiger partial charge >= 0.3 is 0 Å². The van der Waals surface area contributed by atoms with Crippen molar-refractivity contribution in [3.05, 3.63) is 292 Å². The number of hydrogen-bond acceptors (Lipinski definition) is 3. The molecule has 0 bridgehead atoms. The van der Waals surface area contributed by atoms with Crippen LogP contribution in [0.25, 0.3) is 0 Å². The predicted molar refractivity (Wildman–Crippen MR) is 241 cm³/mol. The van der Waals surface area contributed by atoms with Gasteiger partial charge < -0.3 is 0 Å². The smallest absolute Gasteiger partial charge is 0.180 e. The minimum Gasteiger partial charge on any atom is -0.299 e. The molecule has 0 aliphatic carbocycles. The summed E-state index contributed by atoms with van der Waals surface area (Å²) in [5.74, 6) is -0.0341. The van der Waals surface area contributed by atoms with E-state index in [1.54, 1.807) is 38.5 Å². The average Bonchev–Trinajstić information content (AvgIpc) is 3.27. The fourth-order valence-corrected chi connectivity index (χ4v) is 4.62. The van der Waals surface area contributed by atoms with Crippen LogP contribution in [0.3, 0.4) is 0 Å². The summed E-state index contributed by atoms with van der Waals surface area (Å²) in [6, 6.07) is 58.7. The number of ketones is 3. The molecule has 0 aliphatic rings. The van der Waals surface area contributed by atoms with Gasteiger partial charge in [-0.25, -0.2) is 0 Å². The average molecular weight is 1210 g/mol. The van der Waals surface area contributed by atoms with Gasteiger partial charge in [0.15, 0.2) is 4.30 Å². The van der Waals surface area contributed by atoms with Gasteiger partial charge in [0.25, 0.3) is 0 Å². The summed E-state index contributed by atoms with van der Waals surface area (Å²) >= 11 is 14.4. The monoisotopic (exact) mass is 1210 g/mol. The molecular weight excluding hydrogens is 1170 g/mol. The zero-order valence-corrected chi connectivity index (χ0v) is 39.1. The van der Waals surface area contributed by atoms with Gasteiger partial charge in [0, 0.05) is 119 Å². The van der Waals surface area contributed by atoms with Crippen LogP contribution in [0.15, 0.2) is 182 Å². The molecule has 0 unspecified atom stereocenters. The Morgan fingerprint density at radius 2 is 0.400 bits per heavy atom. The molecule has 0 fully saturated rings. The molecule has 6 aromatic carbocycles. The number of alkyl halides is 3. The summed E-state index contributed by atoms with van der Waals surface area (Å²) in [6.45, 7) is 0. The van der Waals surface area contributed by atoms with Gasteiger partial charge in [0.2, 0.25) is 0 Å². The Morgan fingerprint density at radius 3 is 0.517 bits per heavy atom. The Bertz CT molecular complexity index is 1590. The van der Waals surface area contributed by atoms with E-state index in [9.17, 15) is 14.4 Å². The van der Waals surface area contributed by atoms with Gasteiger partial charge in [-0.1, -0.05) is 217 Å². The molecule has 8 heteroatoms. The van der Waals surface area contributed by atoms with Crippen molar-refractivity contribution in [3.8, 4) is 0 Å². The van der Waals surface area contributed by atoms with Crippen molar-refractivity contribution in [2.45, 2.75) is 4.30 Å². The molecule has 0 atom stereocenters. The maximum Gasteiger partial charge on any atom is 0.180 e. The third-order valence-electron chi connectivity index (χ3n) is 7.44. The number of halogens is 3. The van der Waals surface area contributed by atoms with E-state index in [1.807, 2.05) is 221 Å². The molecular formula is C52H43Cl3O3Pt2. The maximum absolute atomic E-state index is 11.6. The summed E-state index contributed by atoms with van der Waals surface area (Å²) in [7, 11) is 0. The van der Waals surface area contributed by atoms with Gasteiger partial charge in [0.1, 0.15) is 17.3 Å². The van der Waals surface area contributed by atoms with Crippen LogP contribution in [0.4, 0.5) is 0 Å². The molecule has 0 N–H and O–H groups in total. The minimum atomic E-state index is -0.750. The number of Topliss-reactive ketones (excluding diaryl/α,β-unsaturated/α-hetero) is 3. The quantitative estimate of drug-likeness (QED) is 0.0806. The Balaban J connectivity index is 0.000000423. The maximum atomic E-state index is 11.6. The molecule has 60 heavy (non-hydrogen) atoms. The van der Waals surface area contributed by atoms with Crippen LogP contribution in [-0.4, -0.2) is 21.6 Å². The first-order valence-corrected chi connectivity index (χ1v) is 19.5. The molecule has 0 aliphatic heterocycles. The summed E-state index contributed by atoms with van der Waals surface area (Å²) in [6.07, 6.45) is 20.4. The Morgan fingerprint density at radius 1 is 0.283 bits per heavy atom. The third-order valence-corrected chi connectivity index (χ3v) is 7.44. The van der Waals surface area contributed by atoms with Crippen LogP contribution >= 0.6 is 34.8 Å². The molecule has 0 saturated carbocycles. The molecule has 0 spiro atoms. The Kier molecular flexibility index (Phi) is 32.0. The van der Waals surface area contributed by atoms with E-state index in [1.165, 1.54) is 0 Å². The van der Waals surface area contributed by atoms with Crippen molar-refractivity contribution in [1.82, 2.24) is 0 Å². The van der Waals surface area contributed by atoms with Crippen molar-refractivity contribution >= 4 is 52.2 Å². The first-order chi connectivity index (χ1) is 28.3. The fourth-order valence-electron chi connectivity index (χ4n) is 4.62. The van der Waals surface area contributed by atoms with Gasteiger partial charge in [-0.2, -0.15) is 0 Å². The van der Waals surface area contributed by atoms with Crippen LogP contribution in [0.2, 0.25) is 0 Å². The molecule has 0 heterocycles. The van der Waals surface area contributed by atoms with Gasteiger partial charge in [-0.15, -0.1) is 0 Å². The number of carbonyl (C=O) groups is 3. The summed E-state index contributed by atoms with van der Waals surface area (Å²) in [4.78, 5) is 34.8. The first kappa shape index (κ1) is 54.6. The molecule has 6 rings (SSSR count). The standard InChI is InChI=1S/3C17H14O.CHCl3.2Pt/c3*18-17(13-11-15-7-3-1-4-8-15)14-12-16-9-5-2-6-10-16;2-1(3)4;;/h3*1-14H;1H;;. The second kappa shape index (κ2) is 35.2. The largest absolute Gasteiger partial charge is 0.299 e. The molecule has 0 saturated heterocycles. The molecule has 0 aromatic heterocycles. The second-order valence-corrected chi connectivity index (χ2v) is 13.9. The number of benzene rings is 6. The van der Waals surface area contributed by atoms with Crippen molar-refractivity contribution in [2.75, 3.05) is 0 Å². The second-order valence-electron chi connectivity index (χ2n) is 11.9. The normalized spacial score (nSPS) is 9.80. The molecule has 0 amide bonds. The molecule has 3 nitrogen and oxygen atoms in total. The van der Waals surface area contributed by atoms with E-state index in [0.29, 0.717) is 0 Å². The zero-order valence-electron chi connectivity index (χ0n) is 32.3. The number of hydrogen-bond donors (Lipinski definition) is 0. The van der Waals surface area contributed by atoms with Gasteiger partial charge in [0.05, 0.1) is 0 Å². The predicted octanol–water partition coefficient (Wildman–Crippen LogP) is 12.4. The van der Waals surface area contributed by atoms with E-state index in [0.717, 1.165) is 33.4 Å². The van der Waals surface area contributed by atoms with Gasteiger partial charge in [-0.3, -0.25) is 14.4 Å². The summed E-state index contributed by atoms with van der Waals surface area (Å²) in [5.41, 5.74) is 6.16. The van der Waals surface area contributed by atoms with Gasteiger partial charge in [-0.05, 0) is 33.4 Å². The first-order valence-electron chi connectivity index (χ1n) is 18.2. The van der Waals surface area contributed by atoms with Crippen molar-refractivity contribution in [3.63, 3.8) is 0 Å².